The molecule has 1 fully saturated rings. The molecule has 0 radical (unpaired) electrons. The fraction of sp³-hybridized carbons (Fsp3) is 0.412. The third-order valence-electron chi connectivity index (χ3n) is 3.97. The highest BCUT2D eigenvalue weighted by Crippen LogP contribution is 2.12. The van der Waals surface area contributed by atoms with Gasteiger partial charge in [0.05, 0.1) is 31.7 Å². The lowest BCUT2D eigenvalue weighted by molar-refractivity contribution is -0.146. The molecule has 0 saturated carbocycles. The Morgan fingerprint density at radius 2 is 1.88 bits per heavy atom. The molecule has 2 aromatic rings. The molecule has 0 aliphatic carbocycles. The van der Waals surface area contributed by atoms with Crippen molar-refractivity contribution in [2.24, 2.45) is 0 Å². The molecule has 3 heterocycles. The van der Waals surface area contributed by atoms with Crippen LogP contribution in [0.25, 0.3) is 0 Å². The highest BCUT2D eigenvalue weighted by atomic mass is 16.5. The normalized spacial score (nSPS) is 17.6. The topological polar surface area (TPSA) is 88.2 Å². The third-order valence-corrected chi connectivity index (χ3v) is 3.97. The molecule has 2 aromatic heterocycles. The Morgan fingerprint density at radius 3 is 2.40 bits per heavy atom. The van der Waals surface area contributed by atoms with Crippen LogP contribution < -0.4 is 5.32 Å². The number of ether oxygens (including phenoxy) is 1. The zero-order chi connectivity index (χ0) is 17.6. The van der Waals surface area contributed by atoms with E-state index in [9.17, 15) is 9.59 Å². The summed E-state index contributed by atoms with van der Waals surface area (Å²) in [7, 11) is 1.72. The van der Waals surface area contributed by atoms with Gasteiger partial charge in [0, 0.05) is 20.1 Å². The Hall–Kier alpha value is -2.74. The van der Waals surface area contributed by atoms with Gasteiger partial charge >= 0.3 is 6.03 Å². The maximum absolute atomic E-state index is 12.6. The summed E-state index contributed by atoms with van der Waals surface area (Å²) in [6.45, 7) is 1.46. The molecule has 8 heteroatoms. The number of carbonyl (C=O) groups excluding carboxylic acids is 2. The van der Waals surface area contributed by atoms with Crippen LogP contribution in [0.15, 0.2) is 45.6 Å². The van der Waals surface area contributed by atoms with E-state index in [1.54, 1.807) is 41.5 Å². The highest BCUT2D eigenvalue weighted by Gasteiger charge is 2.25. The summed E-state index contributed by atoms with van der Waals surface area (Å²) < 4.78 is 16.1. The summed E-state index contributed by atoms with van der Waals surface area (Å²) in [6, 6.07) is 6.93. The zero-order valence-electron chi connectivity index (χ0n) is 14.0. The molecule has 8 nitrogen and oxygen atoms in total. The molecule has 3 rings (SSSR count). The van der Waals surface area contributed by atoms with Gasteiger partial charge in [0.25, 0.3) is 0 Å². The van der Waals surface area contributed by atoms with Crippen LogP contribution in [0.2, 0.25) is 0 Å². The first kappa shape index (κ1) is 17.1. The van der Waals surface area contributed by atoms with Gasteiger partial charge in [0.2, 0.25) is 5.91 Å². The smallest absolute Gasteiger partial charge is 0.318 e. The Kier molecular flexibility index (Phi) is 5.39. The Balaban J connectivity index is 1.57. The molecule has 1 saturated heterocycles. The average molecular weight is 347 g/mol. The van der Waals surface area contributed by atoms with E-state index in [1.165, 1.54) is 0 Å². The number of hydrogen-bond acceptors (Lipinski definition) is 5. The maximum Gasteiger partial charge on any atom is 0.318 e. The maximum atomic E-state index is 12.6. The van der Waals surface area contributed by atoms with Crippen molar-refractivity contribution in [1.29, 1.82) is 0 Å². The number of likely N-dealkylation sites (N-methyl/N-ethyl adjacent to an activating group) is 1. The van der Waals surface area contributed by atoms with Crippen molar-refractivity contribution in [3.8, 4) is 0 Å². The molecule has 1 aliphatic heterocycles. The molecular weight excluding hydrogens is 326 g/mol. The van der Waals surface area contributed by atoms with Gasteiger partial charge in [-0.05, 0) is 24.3 Å². The summed E-state index contributed by atoms with van der Waals surface area (Å²) in [4.78, 5) is 27.2. The van der Waals surface area contributed by atoms with E-state index in [2.05, 4.69) is 5.32 Å². The fourth-order valence-corrected chi connectivity index (χ4v) is 2.58. The van der Waals surface area contributed by atoms with Crippen molar-refractivity contribution < 1.29 is 23.2 Å². The monoisotopic (exact) mass is 347 g/mol. The van der Waals surface area contributed by atoms with Gasteiger partial charge in [-0.25, -0.2) is 4.79 Å². The first-order valence-corrected chi connectivity index (χ1v) is 8.05. The number of urea groups is 1. The van der Waals surface area contributed by atoms with Crippen molar-refractivity contribution in [3.05, 3.63) is 48.3 Å². The molecule has 134 valence electrons. The molecule has 0 aromatic carbocycles. The van der Waals surface area contributed by atoms with E-state index >= 15 is 0 Å². The van der Waals surface area contributed by atoms with Crippen molar-refractivity contribution in [1.82, 2.24) is 15.1 Å². The standard InChI is InChI=1S/C17H21N3O5/c1-19-9-15(25-12-16(19)21)8-18-17(22)20(10-13-4-2-6-23-13)11-14-5-3-7-24-14/h2-7,15H,8-12H2,1H3,(H,18,22)/t15-/m1/s1. The zero-order valence-corrected chi connectivity index (χ0v) is 14.0. The van der Waals surface area contributed by atoms with Gasteiger partial charge in [-0.1, -0.05) is 0 Å². The van der Waals surface area contributed by atoms with E-state index in [4.69, 9.17) is 13.6 Å². The number of furan rings is 2. The van der Waals surface area contributed by atoms with Crippen LogP contribution in [-0.4, -0.2) is 54.6 Å². The van der Waals surface area contributed by atoms with E-state index in [0.29, 0.717) is 37.7 Å². The number of hydrogen-bond donors (Lipinski definition) is 1. The fourth-order valence-electron chi connectivity index (χ4n) is 2.58. The Morgan fingerprint density at radius 1 is 1.24 bits per heavy atom. The van der Waals surface area contributed by atoms with Crippen molar-refractivity contribution >= 4 is 11.9 Å². The van der Waals surface area contributed by atoms with Gasteiger partial charge in [-0.3, -0.25) is 4.79 Å². The van der Waals surface area contributed by atoms with Crippen molar-refractivity contribution in [3.63, 3.8) is 0 Å². The number of nitrogens with one attached hydrogen (secondary N) is 1. The number of rotatable bonds is 6. The third kappa shape index (κ3) is 4.63. The molecular formula is C17H21N3O5. The van der Waals surface area contributed by atoms with Gasteiger partial charge in [0.15, 0.2) is 0 Å². The highest BCUT2D eigenvalue weighted by molar-refractivity contribution is 5.78. The van der Waals surface area contributed by atoms with E-state index < -0.39 is 0 Å². The minimum absolute atomic E-state index is 0.0412. The number of morpholine rings is 1. The van der Waals surface area contributed by atoms with Crippen molar-refractivity contribution in [2.45, 2.75) is 19.2 Å². The molecule has 25 heavy (non-hydrogen) atoms. The molecule has 3 amide bonds. The largest absolute Gasteiger partial charge is 0.467 e. The SMILES string of the molecule is CN1C[C@@H](CNC(=O)N(Cc2ccco2)Cc2ccco2)OCC1=O. The van der Waals surface area contributed by atoms with E-state index in [1.807, 2.05) is 12.1 Å². The Labute approximate surface area is 145 Å². The molecule has 0 unspecified atom stereocenters. The lowest BCUT2D eigenvalue weighted by Crippen LogP contribution is -2.50. The lowest BCUT2D eigenvalue weighted by Gasteiger charge is -2.30. The summed E-state index contributed by atoms with van der Waals surface area (Å²) in [6.07, 6.45) is 2.92. The van der Waals surface area contributed by atoms with E-state index in [0.717, 1.165) is 0 Å². The molecule has 1 aliphatic rings. The van der Waals surface area contributed by atoms with Gasteiger partial charge < -0.3 is 28.7 Å². The summed E-state index contributed by atoms with van der Waals surface area (Å²) in [5.41, 5.74) is 0. The summed E-state index contributed by atoms with van der Waals surface area (Å²) in [5.74, 6) is 1.31. The van der Waals surface area contributed by atoms with Gasteiger partial charge in [-0.2, -0.15) is 0 Å². The number of nitrogens with zero attached hydrogens (tertiary/aromatic N) is 2. The number of carbonyl (C=O) groups is 2. The lowest BCUT2D eigenvalue weighted by atomic mass is 10.3. The molecule has 1 atom stereocenters. The van der Waals surface area contributed by atoms with Crippen LogP contribution in [0.3, 0.4) is 0 Å². The van der Waals surface area contributed by atoms with E-state index in [-0.39, 0.29) is 24.6 Å². The molecule has 0 spiro atoms. The summed E-state index contributed by atoms with van der Waals surface area (Å²) in [5, 5.41) is 2.85. The summed E-state index contributed by atoms with van der Waals surface area (Å²) >= 11 is 0. The first-order valence-electron chi connectivity index (χ1n) is 8.05. The van der Waals surface area contributed by atoms with Gasteiger partial charge in [0.1, 0.15) is 18.1 Å². The second kappa shape index (κ2) is 7.89. The predicted octanol–water partition coefficient (Wildman–Crippen LogP) is 1.44. The van der Waals surface area contributed by atoms with Crippen LogP contribution in [0, 0.1) is 0 Å². The Bertz CT molecular complexity index is 647. The van der Waals surface area contributed by atoms with Crippen molar-refractivity contribution in [2.75, 3.05) is 26.7 Å². The predicted molar refractivity (Wildman–Crippen MR) is 87.4 cm³/mol. The number of amides is 3. The quantitative estimate of drug-likeness (QED) is 0.854. The van der Waals surface area contributed by atoms with Crippen LogP contribution >= 0.6 is 0 Å². The molecule has 1 N–H and O–H groups in total. The molecule has 0 bridgehead atoms. The van der Waals surface area contributed by atoms with Crippen LogP contribution in [-0.2, 0) is 22.6 Å². The second-order valence-electron chi connectivity index (χ2n) is 5.91. The average Bonchev–Trinajstić information content (AvgIpc) is 3.29. The minimum Gasteiger partial charge on any atom is -0.467 e. The first-order chi connectivity index (χ1) is 12.1. The van der Waals surface area contributed by atoms with Crippen LogP contribution in [0.5, 0.6) is 0 Å². The van der Waals surface area contributed by atoms with Crippen LogP contribution in [0.4, 0.5) is 4.79 Å². The van der Waals surface area contributed by atoms with Crippen LogP contribution in [0.1, 0.15) is 11.5 Å². The minimum atomic E-state index is -0.254. The van der Waals surface area contributed by atoms with Gasteiger partial charge in [-0.15, -0.1) is 0 Å². The second-order valence-corrected chi connectivity index (χ2v) is 5.91.